The van der Waals surface area contributed by atoms with Gasteiger partial charge in [0, 0.05) is 31.5 Å². The van der Waals surface area contributed by atoms with Crippen molar-refractivity contribution >= 4 is 21.8 Å². The van der Waals surface area contributed by atoms with E-state index in [0.29, 0.717) is 12.0 Å². The first kappa shape index (κ1) is 21.2. The summed E-state index contributed by atoms with van der Waals surface area (Å²) in [6, 6.07) is 5.91. The summed E-state index contributed by atoms with van der Waals surface area (Å²) in [6.07, 6.45) is 0.851. The summed E-state index contributed by atoms with van der Waals surface area (Å²) in [4.78, 5) is 26.7. The second kappa shape index (κ2) is 8.22. The fourth-order valence-electron chi connectivity index (χ4n) is 4.64. The summed E-state index contributed by atoms with van der Waals surface area (Å²) in [5.74, 6) is -1.24. The summed E-state index contributed by atoms with van der Waals surface area (Å²) in [6.45, 7) is 0.444. The van der Waals surface area contributed by atoms with Crippen molar-refractivity contribution in [2.45, 2.75) is 55.5 Å². The van der Waals surface area contributed by atoms with Crippen LogP contribution < -0.4 is 21.3 Å². The minimum absolute atomic E-state index is 0.000247. The maximum Gasteiger partial charge on any atom is 0.238 e. The predicted octanol–water partition coefficient (Wildman–Crippen LogP) is -0.261. The predicted molar refractivity (Wildman–Crippen MR) is 106 cm³/mol. The number of fused-ring (bicyclic) bond motifs is 1. The van der Waals surface area contributed by atoms with Crippen LogP contribution in [-0.4, -0.2) is 50.1 Å². The van der Waals surface area contributed by atoms with Gasteiger partial charge in [0.25, 0.3) is 0 Å². The number of halogens is 1. The highest BCUT2D eigenvalue weighted by Crippen LogP contribution is 2.36. The van der Waals surface area contributed by atoms with E-state index >= 15 is 0 Å². The molecular weight excluding hydrogens is 413 g/mol. The van der Waals surface area contributed by atoms with Gasteiger partial charge in [-0.15, -0.1) is 0 Å². The normalized spacial score (nSPS) is 31.6. The van der Waals surface area contributed by atoms with Crippen molar-refractivity contribution in [3.05, 3.63) is 29.8 Å². The van der Waals surface area contributed by atoms with Gasteiger partial charge in [0.2, 0.25) is 21.8 Å². The molecule has 11 heteroatoms. The van der Waals surface area contributed by atoms with Crippen molar-refractivity contribution in [3.63, 3.8) is 0 Å². The van der Waals surface area contributed by atoms with Crippen molar-refractivity contribution in [2.24, 2.45) is 17.0 Å². The Morgan fingerprint density at radius 1 is 1.23 bits per heavy atom. The van der Waals surface area contributed by atoms with Crippen LogP contribution in [-0.2, 0) is 26.2 Å². The molecule has 2 aliphatic heterocycles. The molecule has 3 fully saturated rings. The SMILES string of the molecule is NS(=O)(=O)c1ccc(CNC(=O)C2CC(=O)N(C3NNC4CCCC(F)C43)C2)cc1. The molecule has 1 aromatic carbocycles. The third kappa shape index (κ3) is 4.20. The fraction of sp³-hybridized carbons (Fsp3) is 0.579. The Morgan fingerprint density at radius 2 is 1.97 bits per heavy atom. The molecule has 5 atom stereocenters. The molecule has 2 amide bonds. The molecule has 2 heterocycles. The standard InChI is InChI=1S/C19H26FN5O4S/c20-14-2-1-3-15-17(14)18(24-23-15)25-10-12(8-16(25)26)19(27)22-9-11-4-6-13(7-5-11)30(21,28)29/h4-7,12,14-15,17-18,23-24H,1-3,8-10H2,(H,22,27)(H2,21,28,29). The zero-order valence-corrected chi connectivity index (χ0v) is 17.2. The van der Waals surface area contributed by atoms with Crippen molar-refractivity contribution in [3.8, 4) is 0 Å². The Bertz CT molecular complexity index is 925. The molecule has 1 aromatic rings. The number of likely N-dealkylation sites (tertiary alicyclic amines) is 1. The highest BCUT2D eigenvalue weighted by molar-refractivity contribution is 7.89. The monoisotopic (exact) mass is 439 g/mol. The summed E-state index contributed by atoms with van der Waals surface area (Å²) in [7, 11) is -3.77. The van der Waals surface area contributed by atoms with E-state index in [1.807, 2.05) is 0 Å². The molecule has 4 rings (SSSR count). The van der Waals surface area contributed by atoms with Crippen molar-refractivity contribution in [1.29, 1.82) is 0 Å². The first-order valence-electron chi connectivity index (χ1n) is 10.1. The number of rotatable bonds is 5. The molecule has 1 aliphatic carbocycles. The molecule has 0 spiro atoms. The smallest absolute Gasteiger partial charge is 0.238 e. The lowest BCUT2D eigenvalue weighted by Gasteiger charge is -2.34. The molecule has 9 nitrogen and oxygen atoms in total. The van der Waals surface area contributed by atoms with Gasteiger partial charge < -0.3 is 10.2 Å². The average Bonchev–Trinajstić information content (AvgIpc) is 3.30. The van der Waals surface area contributed by atoms with E-state index in [9.17, 15) is 22.4 Å². The number of carbonyl (C=O) groups excluding carboxylic acids is 2. The average molecular weight is 440 g/mol. The van der Waals surface area contributed by atoms with E-state index in [1.54, 1.807) is 17.0 Å². The number of primary sulfonamides is 1. The van der Waals surface area contributed by atoms with Crippen molar-refractivity contribution < 1.29 is 22.4 Å². The van der Waals surface area contributed by atoms with Crippen LogP contribution in [0.4, 0.5) is 4.39 Å². The summed E-state index contributed by atoms with van der Waals surface area (Å²) in [5.41, 5.74) is 6.88. The number of nitrogens with two attached hydrogens (primary N) is 1. The van der Waals surface area contributed by atoms with Crippen LogP contribution >= 0.6 is 0 Å². The molecule has 0 bridgehead atoms. The molecule has 2 saturated heterocycles. The Labute approximate surface area is 174 Å². The lowest BCUT2D eigenvalue weighted by molar-refractivity contribution is -0.131. The number of nitrogens with zero attached hydrogens (tertiary/aromatic N) is 1. The van der Waals surface area contributed by atoms with E-state index in [1.165, 1.54) is 12.1 Å². The molecule has 5 N–H and O–H groups in total. The van der Waals surface area contributed by atoms with Crippen molar-refractivity contribution in [1.82, 2.24) is 21.1 Å². The van der Waals surface area contributed by atoms with Crippen LogP contribution in [0.2, 0.25) is 0 Å². The molecule has 1 saturated carbocycles. The summed E-state index contributed by atoms with van der Waals surface area (Å²) >= 11 is 0. The molecule has 5 unspecified atom stereocenters. The van der Waals surface area contributed by atoms with Crippen LogP contribution in [0.5, 0.6) is 0 Å². The Morgan fingerprint density at radius 3 is 2.67 bits per heavy atom. The van der Waals surface area contributed by atoms with Crippen molar-refractivity contribution in [2.75, 3.05) is 6.54 Å². The summed E-state index contributed by atoms with van der Waals surface area (Å²) in [5, 5.41) is 7.86. The molecule has 3 aliphatic rings. The zero-order chi connectivity index (χ0) is 21.5. The van der Waals surface area contributed by atoms with Gasteiger partial charge in [0.1, 0.15) is 12.3 Å². The van der Waals surface area contributed by atoms with Crippen LogP contribution in [0.1, 0.15) is 31.2 Å². The first-order valence-corrected chi connectivity index (χ1v) is 11.6. The van der Waals surface area contributed by atoms with Gasteiger partial charge >= 0.3 is 0 Å². The van der Waals surface area contributed by atoms with Gasteiger partial charge in [-0.25, -0.2) is 23.4 Å². The highest BCUT2D eigenvalue weighted by Gasteiger charge is 2.49. The molecule has 0 radical (unpaired) electrons. The number of alkyl halides is 1. The Kier molecular flexibility index (Phi) is 5.80. The number of benzene rings is 1. The second-order valence-electron chi connectivity index (χ2n) is 8.22. The Balaban J connectivity index is 1.34. The van der Waals surface area contributed by atoms with E-state index in [-0.39, 0.29) is 48.2 Å². The van der Waals surface area contributed by atoms with Gasteiger partial charge in [0.05, 0.1) is 10.8 Å². The lowest BCUT2D eigenvalue weighted by Crippen LogP contribution is -2.50. The van der Waals surface area contributed by atoms with Crippen LogP contribution in [0.25, 0.3) is 0 Å². The number of nitrogens with one attached hydrogen (secondary N) is 3. The van der Waals surface area contributed by atoms with Crippen LogP contribution in [0.15, 0.2) is 29.2 Å². The third-order valence-electron chi connectivity index (χ3n) is 6.24. The zero-order valence-electron chi connectivity index (χ0n) is 16.4. The topological polar surface area (TPSA) is 134 Å². The Hall–Kier alpha value is -2.08. The molecule has 164 valence electrons. The number of amides is 2. The quantitative estimate of drug-likeness (QED) is 0.500. The van der Waals surface area contributed by atoms with E-state index in [0.717, 1.165) is 12.8 Å². The number of hydrogen-bond acceptors (Lipinski definition) is 6. The highest BCUT2D eigenvalue weighted by atomic mass is 32.2. The number of carbonyl (C=O) groups is 2. The van der Waals surface area contributed by atoms with Crippen LogP contribution in [0.3, 0.4) is 0 Å². The number of hydrazine groups is 1. The van der Waals surface area contributed by atoms with Gasteiger partial charge in [-0.05, 0) is 37.0 Å². The third-order valence-corrected chi connectivity index (χ3v) is 7.17. The van der Waals surface area contributed by atoms with E-state index in [2.05, 4.69) is 16.2 Å². The van der Waals surface area contributed by atoms with Gasteiger partial charge in [-0.2, -0.15) is 0 Å². The molecule has 30 heavy (non-hydrogen) atoms. The fourth-order valence-corrected chi connectivity index (χ4v) is 5.15. The summed E-state index contributed by atoms with van der Waals surface area (Å²) < 4.78 is 37.1. The van der Waals surface area contributed by atoms with Gasteiger partial charge in [-0.3, -0.25) is 15.0 Å². The number of sulfonamides is 1. The van der Waals surface area contributed by atoms with Gasteiger partial charge in [-0.1, -0.05) is 12.1 Å². The largest absolute Gasteiger partial charge is 0.352 e. The molecule has 0 aromatic heterocycles. The molecular formula is C19H26FN5O4S. The number of hydrogen-bond donors (Lipinski definition) is 4. The second-order valence-corrected chi connectivity index (χ2v) is 9.78. The minimum atomic E-state index is -3.77. The minimum Gasteiger partial charge on any atom is -0.352 e. The maximum absolute atomic E-state index is 14.5. The van der Waals surface area contributed by atoms with Gasteiger partial charge in [0.15, 0.2) is 0 Å². The first-order chi connectivity index (χ1) is 14.2. The lowest BCUT2D eigenvalue weighted by atomic mass is 9.82. The maximum atomic E-state index is 14.5. The van der Waals surface area contributed by atoms with E-state index < -0.39 is 28.3 Å². The van der Waals surface area contributed by atoms with Crippen LogP contribution in [0, 0.1) is 11.8 Å². The van der Waals surface area contributed by atoms with E-state index in [4.69, 9.17) is 5.14 Å².